The number of piperazine rings is 1. The molecule has 1 saturated heterocycles. The first-order valence-corrected chi connectivity index (χ1v) is 10.9. The molecule has 0 saturated carbocycles. The number of benzene rings is 3. The van der Waals surface area contributed by atoms with E-state index in [1.165, 1.54) is 5.56 Å². The molecule has 5 aromatic rings. The van der Waals surface area contributed by atoms with Gasteiger partial charge in [-0.1, -0.05) is 42.5 Å². The monoisotopic (exact) mass is 424 g/mol. The van der Waals surface area contributed by atoms with E-state index in [4.69, 9.17) is 10.7 Å². The maximum atomic E-state index is 11.7. The van der Waals surface area contributed by atoms with Crippen molar-refractivity contribution in [1.82, 2.24) is 19.8 Å². The Morgan fingerprint density at radius 2 is 1.78 bits per heavy atom. The summed E-state index contributed by atoms with van der Waals surface area (Å²) in [6, 6.07) is 20.3. The number of nitrogens with one attached hydrogen (secondary N) is 1. The van der Waals surface area contributed by atoms with Gasteiger partial charge in [-0.25, -0.2) is 4.98 Å². The van der Waals surface area contributed by atoms with Gasteiger partial charge in [0.2, 0.25) is 5.91 Å². The van der Waals surface area contributed by atoms with Crippen LogP contribution in [0.1, 0.15) is 15.9 Å². The summed E-state index contributed by atoms with van der Waals surface area (Å²) in [6.45, 7) is 4.83. The van der Waals surface area contributed by atoms with Crippen LogP contribution in [0.4, 0.5) is 0 Å². The quantitative estimate of drug-likeness (QED) is 0.464. The molecule has 0 atom stereocenters. The van der Waals surface area contributed by atoms with Crippen molar-refractivity contribution in [3.05, 3.63) is 78.0 Å². The van der Waals surface area contributed by atoms with E-state index >= 15 is 0 Å². The number of rotatable bonds is 4. The lowest BCUT2D eigenvalue weighted by Crippen LogP contribution is -2.51. The van der Waals surface area contributed by atoms with E-state index < -0.39 is 5.91 Å². The van der Waals surface area contributed by atoms with Crippen LogP contribution in [0.2, 0.25) is 0 Å². The molecule has 0 radical (unpaired) electrons. The van der Waals surface area contributed by atoms with Crippen molar-refractivity contribution in [2.45, 2.75) is 6.54 Å². The van der Waals surface area contributed by atoms with Gasteiger partial charge in [0.15, 0.2) is 0 Å². The molecule has 1 aliphatic rings. The van der Waals surface area contributed by atoms with Crippen LogP contribution in [0.5, 0.6) is 0 Å². The molecule has 1 aliphatic heterocycles. The van der Waals surface area contributed by atoms with Gasteiger partial charge in [-0.05, 0) is 23.8 Å². The first kappa shape index (κ1) is 18.9. The van der Waals surface area contributed by atoms with E-state index in [-0.39, 0.29) is 0 Å². The van der Waals surface area contributed by atoms with Gasteiger partial charge in [0.25, 0.3) is 0 Å². The van der Waals surface area contributed by atoms with Crippen molar-refractivity contribution >= 4 is 38.6 Å². The highest BCUT2D eigenvalue weighted by atomic mass is 16.1. The van der Waals surface area contributed by atoms with E-state index in [1.807, 2.05) is 18.3 Å². The fourth-order valence-electron chi connectivity index (χ4n) is 4.74. The molecule has 2 aromatic heterocycles. The Labute approximate surface area is 185 Å². The number of nitrogens with zero attached hydrogens (tertiary/aromatic N) is 4. The zero-order valence-corrected chi connectivity index (χ0v) is 17.7. The van der Waals surface area contributed by atoms with Crippen LogP contribution in [-0.2, 0) is 6.54 Å². The summed E-state index contributed by atoms with van der Waals surface area (Å²) in [4.78, 5) is 21.2. The summed E-state index contributed by atoms with van der Waals surface area (Å²) in [7, 11) is 0. The number of H-pyrrole nitrogens is 1. The number of hydrogen-bond donors (Lipinski definition) is 2. The van der Waals surface area contributed by atoms with Gasteiger partial charge in [-0.2, -0.15) is 4.79 Å². The van der Waals surface area contributed by atoms with Crippen molar-refractivity contribution in [3.8, 4) is 0 Å². The van der Waals surface area contributed by atoms with Crippen LogP contribution in [-0.4, -0.2) is 51.9 Å². The molecule has 1 amide bonds. The van der Waals surface area contributed by atoms with Gasteiger partial charge in [-0.3, -0.25) is 19.8 Å². The molecule has 7 heteroatoms. The van der Waals surface area contributed by atoms with Gasteiger partial charge in [0.05, 0.1) is 11.0 Å². The zero-order valence-electron chi connectivity index (χ0n) is 17.7. The second-order valence-electron chi connectivity index (χ2n) is 8.41. The predicted octanol–water partition coefficient (Wildman–Crippen LogP) is 3.22. The molecule has 0 spiro atoms. The van der Waals surface area contributed by atoms with Crippen LogP contribution < -0.4 is 10.7 Å². The molecular weight excluding hydrogens is 400 g/mol. The van der Waals surface area contributed by atoms with Crippen LogP contribution in [0.3, 0.4) is 0 Å². The Morgan fingerprint density at radius 3 is 2.56 bits per heavy atom. The summed E-state index contributed by atoms with van der Waals surface area (Å²) < 4.78 is 0. The molecule has 0 aliphatic carbocycles. The molecule has 3 aromatic carbocycles. The van der Waals surface area contributed by atoms with Gasteiger partial charge < -0.3 is 5.73 Å². The minimum absolute atomic E-state index is 0.424. The van der Waals surface area contributed by atoms with Crippen molar-refractivity contribution in [2.24, 2.45) is 5.73 Å². The smallest absolute Gasteiger partial charge is 0.248 e. The second-order valence-corrected chi connectivity index (χ2v) is 8.41. The van der Waals surface area contributed by atoms with E-state index in [2.05, 4.69) is 62.3 Å². The highest BCUT2D eigenvalue weighted by Gasteiger charge is 2.21. The lowest BCUT2D eigenvalue weighted by Gasteiger charge is -2.36. The van der Waals surface area contributed by atoms with Crippen LogP contribution >= 0.6 is 0 Å². The first-order chi connectivity index (χ1) is 15.7. The molecule has 1 fully saturated rings. The normalized spacial score (nSPS) is 15.2. The molecule has 6 rings (SSSR count). The molecule has 7 nitrogen and oxygen atoms in total. The van der Waals surface area contributed by atoms with E-state index in [0.29, 0.717) is 5.56 Å². The number of aromatic nitrogens is 3. The zero-order chi connectivity index (χ0) is 21.7. The highest BCUT2D eigenvalue weighted by molar-refractivity contribution is 6.17. The maximum absolute atomic E-state index is 11.7. The molecule has 0 bridgehead atoms. The Bertz CT molecular complexity index is 1440. The third kappa shape index (κ3) is 3.09. The van der Waals surface area contributed by atoms with Crippen molar-refractivity contribution in [2.75, 3.05) is 31.2 Å². The summed E-state index contributed by atoms with van der Waals surface area (Å²) in [5.74, 6) is -0.424. The number of aromatic amines is 1. The predicted molar refractivity (Wildman–Crippen MR) is 127 cm³/mol. The lowest BCUT2D eigenvalue weighted by molar-refractivity contribution is 0.100. The number of hydrogen-bond acceptors (Lipinski definition) is 4. The summed E-state index contributed by atoms with van der Waals surface area (Å²) in [5.41, 5.74) is 10.2. The van der Waals surface area contributed by atoms with Crippen molar-refractivity contribution < 1.29 is 4.79 Å². The Balaban J connectivity index is 1.34. The Hall–Kier alpha value is -3.84. The van der Waals surface area contributed by atoms with E-state index in [0.717, 1.165) is 65.4 Å². The number of amides is 1. The molecule has 0 unspecified atom stereocenters. The van der Waals surface area contributed by atoms with Crippen LogP contribution in [0.15, 0.2) is 66.9 Å². The number of primary amides is 1. The van der Waals surface area contributed by atoms with Crippen LogP contribution in [0.25, 0.3) is 32.7 Å². The summed E-state index contributed by atoms with van der Waals surface area (Å²) >= 11 is 0. The summed E-state index contributed by atoms with van der Waals surface area (Å²) in [5, 5.41) is 8.87. The lowest BCUT2D eigenvalue weighted by atomic mass is 10.1. The Morgan fingerprint density at radius 1 is 0.969 bits per heavy atom. The second kappa shape index (κ2) is 7.39. The van der Waals surface area contributed by atoms with E-state index in [9.17, 15) is 4.79 Å². The average Bonchev–Trinajstić information content (AvgIpc) is 3.41. The maximum Gasteiger partial charge on any atom is 0.248 e. The fourth-order valence-corrected chi connectivity index (χ4v) is 4.74. The van der Waals surface area contributed by atoms with Crippen LogP contribution in [0, 0.1) is 0 Å². The number of nitrogens with two attached hydrogens (primary N) is 1. The number of carbonyl (C=O) groups is 1. The summed E-state index contributed by atoms with van der Waals surface area (Å²) in [6.07, 6.45) is 2.03. The molecule has 160 valence electrons. The topological polar surface area (TPSA) is 83.2 Å². The van der Waals surface area contributed by atoms with Crippen molar-refractivity contribution in [1.29, 1.82) is 0 Å². The molecule has 32 heavy (non-hydrogen) atoms. The largest absolute Gasteiger partial charge is 0.366 e. The number of carbonyl (C=O) groups excluding carboxylic acids is 1. The minimum atomic E-state index is -0.424. The average molecular weight is 425 g/mol. The highest BCUT2D eigenvalue weighted by Crippen LogP contribution is 2.32. The van der Waals surface area contributed by atoms with Gasteiger partial charge in [-0.15, -0.1) is 0 Å². The third-order valence-electron chi connectivity index (χ3n) is 6.42. The minimum Gasteiger partial charge on any atom is -0.366 e. The van der Waals surface area contributed by atoms with Crippen molar-refractivity contribution in [3.63, 3.8) is 0 Å². The molecule has 3 N–H and O–H groups in total. The SMILES string of the molecule is NC(=O)c1ccc2nc3c(ccc4c[nH]n(N5CCN(Cc6ccccc6)CC5)c43)c2c1. The fraction of sp³-hybridized carbons (Fsp3) is 0.200. The molecular formula is C25H24N6O. The van der Waals surface area contributed by atoms with Gasteiger partial charge >= 0.3 is 0 Å². The first-order valence-electron chi connectivity index (χ1n) is 10.9. The Kier molecular flexibility index (Phi) is 4.36. The van der Waals surface area contributed by atoms with Gasteiger partial charge in [0.1, 0.15) is 5.52 Å². The van der Waals surface area contributed by atoms with E-state index in [1.54, 1.807) is 6.07 Å². The number of fused-ring (bicyclic) bond motifs is 5. The molecule has 3 heterocycles. The van der Waals surface area contributed by atoms with Gasteiger partial charge in [0, 0.05) is 60.6 Å². The third-order valence-corrected chi connectivity index (χ3v) is 6.42. The standard InChI is InChI=1S/C25H24N6O/c26-25(32)18-7-9-22-21(14-18)20-8-6-19-15-27-31(24(19)23(20)28-22)30-12-10-29(11-13-30)16-17-4-2-1-3-5-17/h1-9,14-15,27H,10-13,16H2,(H2,26,32).